The van der Waals surface area contributed by atoms with Crippen LogP contribution in [-0.4, -0.2) is 29.8 Å². The summed E-state index contributed by atoms with van der Waals surface area (Å²) in [6.07, 6.45) is 4.42. The van der Waals surface area contributed by atoms with Crippen LogP contribution in [-0.2, 0) is 14.4 Å². The lowest BCUT2D eigenvalue weighted by molar-refractivity contribution is -0.131. The van der Waals surface area contributed by atoms with Gasteiger partial charge in [0.05, 0.1) is 0 Å². The predicted octanol–water partition coefficient (Wildman–Crippen LogP) is 1.61. The molecular formula is C19H27N3O3. The highest BCUT2D eigenvalue weighted by atomic mass is 16.2. The van der Waals surface area contributed by atoms with Crippen LogP contribution in [0.5, 0.6) is 0 Å². The summed E-state index contributed by atoms with van der Waals surface area (Å²) >= 11 is 0. The van der Waals surface area contributed by atoms with Crippen LogP contribution >= 0.6 is 0 Å². The van der Waals surface area contributed by atoms with Crippen LogP contribution in [0.2, 0.25) is 0 Å². The van der Waals surface area contributed by atoms with E-state index >= 15 is 0 Å². The zero-order valence-corrected chi connectivity index (χ0v) is 15.0. The molecule has 0 aliphatic carbocycles. The molecule has 0 fully saturated rings. The van der Waals surface area contributed by atoms with Crippen molar-refractivity contribution in [3.8, 4) is 0 Å². The van der Waals surface area contributed by atoms with Crippen LogP contribution in [0.25, 0.3) is 6.08 Å². The van der Waals surface area contributed by atoms with Gasteiger partial charge in [-0.05, 0) is 24.3 Å². The number of hydrogen-bond donors (Lipinski definition) is 3. The van der Waals surface area contributed by atoms with E-state index in [-0.39, 0.29) is 18.2 Å². The van der Waals surface area contributed by atoms with Gasteiger partial charge in [-0.15, -0.1) is 0 Å². The highest BCUT2D eigenvalue weighted by Gasteiger charge is 2.24. The molecule has 0 bridgehead atoms. The van der Waals surface area contributed by atoms with Gasteiger partial charge >= 0.3 is 0 Å². The Morgan fingerprint density at radius 3 is 2.24 bits per heavy atom. The van der Waals surface area contributed by atoms with E-state index in [0.717, 1.165) is 5.56 Å². The topological polar surface area (TPSA) is 101 Å². The largest absolute Gasteiger partial charge is 0.368 e. The molecule has 0 saturated heterocycles. The zero-order valence-electron chi connectivity index (χ0n) is 15.0. The summed E-state index contributed by atoms with van der Waals surface area (Å²) in [5.41, 5.74) is 6.39. The van der Waals surface area contributed by atoms with Crippen molar-refractivity contribution >= 4 is 23.8 Å². The van der Waals surface area contributed by atoms with Crippen LogP contribution < -0.4 is 16.4 Å². The SMILES string of the molecule is CC(=O)N[C@@H](CC(C)C)C(=O)N[C@@H](C/C=C/c1ccccc1)C(N)=O. The van der Waals surface area contributed by atoms with Gasteiger partial charge in [-0.2, -0.15) is 0 Å². The second-order valence-corrected chi connectivity index (χ2v) is 6.39. The summed E-state index contributed by atoms with van der Waals surface area (Å²) < 4.78 is 0. The van der Waals surface area contributed by atoms with Gasteiger partial charge in [0.15, 0.2) is 0 Å². The van der Waals surface area contributed by atoms with Crippen molar-refractivity contribution in [1.82, 2.24) is 10.6 Å². The fourth-order valence-corrected chi connectivity index (χ4v) is 2.37. The molecule has 1 aromatic carbocycles. The molecule has 136 valence electrons. The maximum absolute atomic E-state index is 12.4. The van der Waals surface area contributed by atoms with Crippen LogP contribution in [0.1, 0.15) is 39.2 Å². The molecule has 1 rings (SSSR count). The van der Waals surface area contributed by atoms with Gasteiger partial charge in [0.1, 0.15) is 12.1 Å². The van der Waals surface area contributed by atoms with Gasteiger partial charge in [0, 0.05) is 6.92 Å². The molecule has 0 aliphatic heterocycles. The minimum absolute atomic E-state index is 0.215. The Labute approximate surface area is 148 Å². The zero-order chi connectivity index (χ0) is 18.8. The average molecular weight is 345 g/mol. The lowest BCUT2D eigenvalue weighted by atomic mass is 10.0. The van der Waals surface area contributed by atoms with Crippen LogP contribution in [0.3, 0.4) is 0 Å². The molecule has 0 aliphatic rings. The Morgan fingerprint density at radius 1 is 1.08 bits per heavy atom. The maximum atomic E-state index is 12.4. The normalized spacial score (nSPS) is 13.4. The Bertz CT molecular complexity index is 612. The Balaban J connectivity index is 2.71. The van der Waals surface area contributed by atoms with E-state index in [2.05, 4.69) is 10.6 Å². The Hall–Kier alpha value is -2.63. The first-order valence-corrected chi connectivity index (χ1v) is 8.38. The third-order valence-electron chi connectivity index (χ3n) is 3.54. The molecule has 1 aromatic rings. The van der Waals surface area contributed by atoms with E-state index < -0.39 is 23.9 Å². The van der Waals surface area contributed by atoms with Gasteiger partial charge in [0.25, 0.3) is 0 Å². The summed E-state index contributed by atoms with van der Waals surface area (Å²) in [5.74, 6) is -1.09. The number of carbonyl (C=O) groups excluding carboxylic acids is 3. The second-order valence-electron chi connectivity index (χ2n) is 6.39. The van der Waals surface area contributed by atoms with Crippen LogP contribution in [0, 0.1) is 5.92 Å². The van der Waals surface area contributed by atoms with Crippen molar-refractivity contribution < 1.29 is 14.4 Å². The Kier molecular flexibility index (Phi) is 8.39. The van der Waals surface area contributed by atoms with Gasteiger partial charge in [0.2, 0.25) is 17.7 Å². The number of nitrogens with two attached hydrogens (primary N) is 1. The third kappa shape index (κ3) is 8.15. The standard InChI is InChI=1S/C19H27N3O3/c1-13(2)12-17(21-14(3)23)19(25)22-16(18(20)24)11-7-10-15-8-5-4-6-9-15/h4-10,13,16-17H,11-12H2,1-3H3,(H2,20,24)(H,21,23)(H,22,25)/b10-7+/t16-,17-/m0/s1. The molecule has 0 spiro atoms. The minimum Gasteiger partial charge on any atom is -0.368 e. The first kappa shape index (κ1) is 20.4. The molecule has 0 radical (unpaired) electrons. The number of benzene rings is 1. The monoisotopic (exact) mass is 345 g/mol. The van der Waals surface area contributed by atoms with Gasteiger partial charge in [-0.3, -0.25) is 14.4 Å². The molecule has 2 atom stereocenters. The van der Waals surface area contributed by atoms with Gasteiger partial charge in [-0.1, -0.05) is 56.3 Å². The molecular weight excluding hydrogens is 318 g/mol. The van der Waals surface area contributed by atoms with E-state index in [9.17, 15) is 14.4 Å². The van der Waals surface area contributed by atoms with E-state index in [0.29, 0.717) is 6.42 Å². The third-order valence-corrected chi connectivity index (χ3v) is 3.54. The van der Waals surface area contributed by atoms with Crippen LogP contribution in [0.4, 0.5) is 0 Å². The molecule has 0 heterocycles. The van der Waals surface area contributed by atoms with Gasteiger partial charge in [-0.25, -0.2) is 0 Å². The smallest absolute Gasteiger partial charge is 0.243 e. The molecule has 6 heteroatoms. The molecule has 0 saturated carbocycles. The highest BCUT2D eigenvalue weighted by Crippen LogP contribution is 2.07. The highest BCUT2D eigenvalue weighted by molar-refractivity contribution is 5.91. The van der Waals surface area contributed by atoms with Crippen molar-refractivity contribution in [3.05, 3.63) is 42.0 Å². The number of amides is 3. The maximum Gasteiger partial charge on any atom is 0.243 e. The first-order valence-electron chi connectivity index (χ1n) is 8.38. The van der Waals surface area contributed by atoms with E-state index in [4.69, 9.17) is 5.73 Å². The number of carbonyl (C=O) groups is 3. The van der Waals surface area contributed by atoms with Crippen molar-refractivity contribution in [1.29, 1.82) is 0 Å². The second kappa shape index (κ2) is 10.3. The van der Waals surface area contributed by atoms with E-state index in [1.807, 2.05) is 50.3 Å². The molecule has 3 amide bonds. The summed E-state index contributed by atoms with van der Waals surface area (Å²) in [4.78, 5) is 35.3. The fraction of sp³-hybridized carbons (Fsp3) is 0.421. The number of nitrogens with one attached hydrogen (secondary N) is 2. The van der Waals surface area contributed by atoms with Crippen molar-refractivity contribution in [2.75, 3.05) is 0 Å². The summed E-state index contributed by atoms with van der Waals surface area (Å²) in [7, 11) is 0. The lowest BCUT2D eigenvalue weighted by Gasteiger charge is -2.22. The summed E-state index contributed by atoms with van der Waals surface area (Å²) in [6.45, 7) is 5.27. The molecule has 4 N–H and O–H groups in total. The molecule has 0 aromatic heterocycles. The molecule has 6 nitrogen and oxygen atoms in total. The van der Waals surface area contributed by atoms with E-state index in [1.165, 1.54) is 6.92 Å². The fourth-order valence-electron chi connectivity index (χ4n) is 2.37. The number of primary amides is 1. The first-order chi connectivity index (χ1) is 11.8. The summed E-state index contributed by atoms with van der Waals surface area (Å²) in [6, 6.07) is 8.11. The van der Waals surface area contributed by atoms with Crippen molar-refractivity contribution in [2.24, 2.45) is 11.7 Å². The van der Waals surface area contributed by atoms with Gasteiger partial charge < -0.3 is 16.4 Å². The van der Waals surface area contributed by atoms with Crippen molar-refractivity contribution in [3.63, 3.8) is 0 Å². The molecule has 0 unspecified atom stereocenters. The quantitative estimate of drug-likeness (QED) is 0.634. The number of rotatable bonds is 9. The molecule has 25 heavy (non-hydrogen) atoms. The minimum atomic E-state index is -0.823. The van der Waals surface area contributed by atoms with Crippen LogP contribution in [0.15, 0.2) is 36.4 Å². The average Bonchev–Trinajstić information content (AvgIpc) is 2.53. The number of hydrogen-bond acceptors (Lipinski definition) is 3. The Morgan fingerprint density at radius 2 is 1.72 bits per heavy atom. The van der Waals surface area contributed by atoms with Crippen molar-refractivity contribution in [2.45, 2.75) is 45.7 Å². The predicted molar refractivity (Wildman–Crippen MR) is 98.3 cm³/mol. The lowest BCUT2D eigenvalue weighted by Crippen LogP contribution is -2.52. The van der Waals surface area contributed by atoms with E-state index in [1.54, 1.807) is 6.08 Å². The summed E-state index contributed by atoms with van der Waals surface area (Å²) in [5, 5.41) is 5.25.